The number of thioether (sulfide) groups is 1. The van der Waals surface area contributed by atoms with Crippen LogP contribution in [0.15, 0.2) is 53.9 Å². The van der Waals surface area contributed by atoms with E-state index < -0.39 is 0 Å². The van der Waals surface area contributed by atoms with E-state index in [4.69, 9.17) is 4.74 Å². The largest absolute Gasteiger partial charge is 0.489 e. The molecule has 0 unspecified atom stereocenters. The predicted molar refractivity (Wildman–Crippen MR) is 87.5 cm³/mol. The number of ether oxygens (including phenoxy) is 1. The third-order valence-electron chi connectivity index (χ3n) is 3.11. The fourth-order valence-corrected chi connectivity index (χ4v) is 2.40. The van der Waals surface area contributed by atoms with Crippen molar-refractivity contribution in [3.63, 3.8) is 0 Å². The lowest BCUT2D eigenvalue weighted by Crippen LogP contribution is -2.30. The molecule has 0 saturated carbocycles. The smallest absolute Gasteiger partial charge is 0.271 e. The van der Waals surface area contributed by atoms with Gasteiger partial charge in [0.1, 0.15) is 11.9 Å². The van der Waals surface area contributed by atoms with Crippen LogP contribution in [0.2, 0.25) is 0 Å². The van der Waals surface area contributed by atoms with Gasteiger partial charge in [0, 0.05) is 29.5 Å². The maximum Gasteiger partial charge on any atom is 0.271 e. The average Bonchev–Trinajstić information content (AvgIpc) is 2.53. The summed E-state index contributed by atoms with van der Waals surface area (Å²) in [6.07, 6.45) is 5.07. The van der Waals surface area contributed by atoms with Crippen LogP contribution in [0.3, 0.4) is 0 Å². The minimum atomic E-state index is -0.263. The molecule has 1 aliphatic heterocycles. The molecule has 22 heavy (non-hydrogen) atoms. The van der Waals surface area contributed by atoms with Crippen molar-refractivity contribution in [2.45, 2.75) is 6.10 Å². The fraction of sp³-hybridized carbons (Fsp3) is 0.188. The van der Waals surface area contributed by atoms with Crippen molar-refractivity contribution in [3.8, 4) is 5.75 Å². The first-order chi connectivity index (χ1) is 10.8. The molecular formula is C16H15N3O2S. The van der Waals surface area contributed by atoms with E-state index in [2.05, 4.69) is 15.5 Å². The number of hydrogen-bond donors (Lipinski definition) is 1. The summed E-state index contributed by atoms with van der Waals surface area (Å²) in [7, 11) is 0. The zero-order valence-corrected chi connectivity index (χ0v) is 12.6. The summed E-state index contributed by atoms with van der Waals surface area (Å²) in [6, 6.07) is 10.9. The molecule has 1 N–H and O–H groups in total. The molecule has 1 saturated heterocycles. The molecular weight excluding hydrogens is 298 g/mol. The SMILES string of the molecule is O=C(N/N=C\c1ccc(OC2CSC2)cc1)c1ccncc1. The maximum atomic E-state index is 11.8. The van der Waals surface area contributed by atoms with E-state index >= 15 is 0 Å². The topological polar surface area (TPSA) is 63.6 Å². The number of amides is 1. The van der Waals surface area contributed by atoms with Crippen LogP contribution in [0.1, 0.15) is 15.9 Å². The standard InChI is InChI=1S/C16H15N3O2S/c20-16(13-5-7-17-8-6-13)19-18-9-12-1-3-14(4-2-12)21-15-10-22-11-15/h1-9,15H,10-11H2,(H,19,20)/b18-9-. The van der Waals surface area contributed by atoms with Gasteiger partial charge >= 0.3 is 0 Å². The highest BCUT2D eigenvalue weighted by atomic mass is 32.2. The Morgan fingerprint density at radius 1 is 1.23 bits per heavy atom. The molecule has 3 rings (SSSR count). The van der Waals surface area contributed by atoms with Gasteiger partial charge in [-0.2, -0.15) is 16.9 Å². The number of pyridine rings is 1. The molecule has 1 fully saturated rings. The number of nitrogens with zero attached hydrogens (tertiary/aromatic N) is 2. The third kappa shape index (κ3) is 3.85. The third-order valence-corrected chi connectivity index (χ3v) is 4.33. The van der Waals surface area contributed by atoms with Crippen LogP contribution in [0.25, 0.3) is 0 Å². The van der Waals surface area contributed by atoms with E-state index in [-0.39, 0.29) is 5.91 Å². The molecule has 0 radical (unpaired) electrons. The average molecular weight is 313 g/mol. The molecule has 2 heterocycles. The Bertz CT molecular complexity index is 655. The minimum Gasteiger partial charge on any atom is -0.489 e. The number of carbonyl (C=O) groups excluding carboxylic acids is 1. The molecule has 1 aliphatic rings. The van der Waals surface area contributed by atoms with Crippen LogP contribution in [0, 0.1) is 0 Å². The first kappa shape index (κ1) is 14.6. The molecule has 1 aromatic heterocycles. The molecule has 2 aromatic rings. The summed E-state index contributed by atoms with van der Waals surface area (Å²) in [5.41, 5.74) is 3.90. The Morgan fingerprint density at radius 2 is 1.95 bits per heavy atom. The first-order valence-electron chi connectivity index (χ1n) is 6.89. The summed E-state index contributed by atoms with van der Waals surface area (Å²) in [5, 5.41) is 3.95. The van der Waals surface area contributed by atoms with Gasteiger partial charge < -0.3 is 4.74 Å². The van der Waals surface area contributed by atoms with E-state index in [9.17, 15) is 4.79 Å². The van der Waals surface area contributed by atoms with Crippen molar-refractivity contribution in [2.24, 2.45) is 5.10 Å². The molecule has 0 bridgehead atoms. The first-order valence-corrected chi connectivity index (χ1v) is 8.04. The summed E-state index contributed by atoms with van der Waals surface area (Å²) >= 11 is 1.89. The second kappa shape index (κ2) is 7.09. The van der Waals surface area contributed by atoms with Crippen molar-refractivity contribution >= 4 is 23.9 Å². The lowest BCUT2D eigenvalue weighted by Gasteiger charge is -2.25. The van der Waals surface area contributed by atoms with Gasteiger partial charge in [0.05, 0.1) is 6.21 Å². The number of hydrazone groups is 1. The second-order valence-electron chi connectivity index (χ2n) is 4.78. The van der Waals surface area contributed by atoms with E-state index in [0.29, 0.717) is 11.7 Å². The minimum absolute atomic E-state index is 0.263. The number of hydrogen-bond acceptors (Lipinski definition) is 5. The summed E-state index contributed by atoms with van der Waals surface area (Å²) < 4.78 is 5.76. The quantitative estimate of drug-likeness (QED) is 0.680. The van der Waals surface area contributed by atoms with E-state index in [0.717, 1.165) is 22.8 Å². The fourth-order valence-electron chi connectivity index (χ4n) is 1.84. The van der Waals surface area contributed by atoms with Gasteiger partial charge in [0.25, 0.3) is 5.91 Å². The van der Waals surface area contributed by atoms with Gasteiger partial charge in [-0.3, -0.25) is 9.78 Å². The van der Waals surface area contributed by atoms with E-state index in [1.807, 2.05) is 36.0 Å². The molecule has 6 heteroatoms. The Balaban J connectivity index is 1.52. The van der Waals surface area contributed by atoms with Gasteiger partial charge in [0.15, 0.2) is 0 Å². The second-order valence-corrected chi connectivity index (χ2v) is 5.86. The Morgan fingerprint density at radius 3 is 2.59 bits per heavy atom. The summed E-state index contributed by atoms with van der Waals surface area (Å²) in [4.78, 5) is 15.6. The number of benzene rings is 1. The van der Waals surface area contributed by atoms with Crippen molar-refractivity contribution in [1.82, 2.24) is 10.4 Å². The molecule has 5 nitrogen and oxygen atoms in total. The highest BCUT2D eigenvalue weighted by Gasteiger charge is 2.19. The summed E-state index contributed by atoms with van der Waals surface area (Å²) in [6.45, 7) is 0. The predicted octanol–water partition coefficient (Wildman–Crippen LogP) is 2.34. The molecule has 0 aliphatic carbocycles. The van der Waals surface area contributed by atoms with Crippen LogP contribution in [0.4, 0.5) is 0 Å². The van der Waals surface area contributed by atoms with Crippen molar-refractivity contribution < 1.29 is 9.53 Å². The summed E-state index contributed by atoms with van der Waals surface area (Å²) in [5.74, 6) is 2.72. The molecule has 0 atom stereocenters. The maximum absolute atomic E-state index is 11.8. The van der Waals surface area contributed by atoms with E-state index in [1.165, 1.54) is 0 Å². The Hall–Kier alpha value is -2.34. The lowest BCUT2D eigenvalue weighted by atomic mass is 10.2. The Labute approximate surface area is 132 Å². The molecule has 112 valence electrons. The monoisotopic (exact) mass is 313 g/mol. The van der Waals surface area contributed by atoms with Gasteiger partial charge in [-0.15, -0.1) is 0 Å². The zero-order valence-electron chi connectivity index (χ0n) is 11.8. The molecule has 1 amide bonds. The van der Waals surface area contributed by atoms with Gasteiger partial charge in [-0.25, -0.2) is 5.43 Å². The highest BCUT2D eigenvalue weighted by Crippen LogP contribution is 2.23. The normalized spacial score (nSPS) is 14.5. The van der Waals surface area contributed by atoms with Crippen molar-refractivity contribution in [2.75, 3.05) is 11.5 Å². The number of rotatable bonds is 5. The number of carbonyl (C=O) groups is 1. The van der Waals surface area contributed by atoms with Crippen LogP contribution in [0.5, 0.6) is 5.75 Å². The van der Waals surface area contributed by atoms with Gasteiger partial charge in [-0.05, 0) is 42.0 Å². The lowest BCUT2D eigenvalue weighted by molar-refractivity contribution is 0.0955. The van der Waals surface area contributed by atoms with Gasteiger partial charge in [0.2, 0.25) is 0 Å². The van der Waals surface area contributed by atoms with Gasteiger partial charge in [-0.1, -0.05) is 0 Å². The van der Waals surface area contributed by atoms with Crippen LogP contribution >= 0.6 is 11.8 Å². The van der Waals surface area contributed by atoms with Crippen LogP contribution in [-0.4, -0.2) is 34.7 Å². The van der Waals surface area contributed by atoms with Crippen molar-refractivity contribution in [3.05, 3.63) is 59.9 Å². The zero-order chi connectivity index (χ0) is 15.2. The molecule has 0 spiro atoms. The van der Waals surface area contributed by atoms with E-state index in [1.54, 1.807) is 30.7 Å². The number of nitrogens with one attached hydrogen (secondary N) is 1. The Kier molecular flexibility index (Phi) is 4.70. The van der Waals surface area contributed by atoms with Crippen LogP contribution < -0.4 is 10.2 Å². The van der Waals surface area contributed by atoms with Crippen LogP contribution in [-0.2, 0) is 0 Å². The highest BCUT2D eigenvalue weighted by molar-refractivity contribution is 8.00. The van der Waals surface area contributed by atoms with Crippen molar-refractivity contribution in [1.29, 1.82) is 0 Å². The molecule has 1 aromatic carbocycles. The number of aromatic nitrogens is 1.